The van der Waals surface area contributed by atoms with Crippen molar-refractivity contribution in [2.45, 2.75) is 26.3 Å². The third-order valence-corrected chi connectivity index (χ3v) is 2.46. The summed E-state index contributed by atoms with van der Waals surface area (Å²) in [4.78, 5) is 11.9. The molecule has 1 atom stereocenters. The number of aliphatic hydroxyl groups excluding tert-OH is 1. The average Bonchev–Trinajstić information content (AvgIpc) is 2.36. The van der Waals surface area contributed by atoms with E-state index in [4.69, 9.17) is 5.11 Å². The summed E-state index contributed by atoms with van der Waals surface area (Å²) in [5.74, 6) is -0.113. The van der Waals surface area contributed by atoms with E-state index in [1.807, 2.05) is 43.3 Å². The lowest BCUT2D eigenvalue weighted by Gasteiger charge is -2.12. The number of hydrogen-bond donors (Lipinski definition) is 2. The van der Waals surface area contributed by atoms with Gasteiger partial charge in [0.25, 0.3) is 0 Å². The highest BCUT2D eigenvalue weighted by molar-refractivity contribution is 5.97. The molecule has 0 fully saturated rings. The smallest absolute Gasteiger partial charge is 0.247 e. The van der Waals surface area contributed by atoms with E-state index in [9.17, 15) is 4.79 Å². The van der Waals surface area contributed by atoms with Crippen LogP contribution < -0.4 is 5.32 Å². The molecule has 1 amide bonds. The second-order valence-corrected chi connectivity index (χ2v) is 3.99. The van der Waals surface area contributed by atoms with Crippen LogP contribution in [0, 0.1) is 0 Å². The number of amides is 1. The van der Waals surface area contributed by atoms with E-state index in [0.29, 0.717) is 6.42 Å². The molecule has 0 aromatic heterocycles. The number of rotatable bonds is 5. The van der Waals surface area contributed by atoms with Crippen molar-refractivity contribution in [3.8, 4) is 0 Å². The van der Waals surface area contributed by atoms with Gasteiger partial charge < -0.3 is 10.4 Å². The van der Waals surface area contributed by atoms with Crippen LogP contribution in [0.15, 0.2) is 35.9 Å². The maximum absolute atomic E-state index is 11.9. The minimum atomic E-state index is -0.215. The second kappa shape index (κ2) is 6.86. The van der Waals surface area contributed by atoms with E-state index in [0.717, 1.165) is 11.1 Å². The first-order valence-corrected chi connectivity index (χ1v) is 5.84. The summed E-state index contributed by atoms with van der Waals surface area (Å²) >= 11 is 0. The molecule has 1 aromatic rings. The number of aliphatic hydroxyl groups is 1. The van der Waals surface area contributed by atoms with Crippen LogP contribution in [0.1, 0.15) is 25.8 Å². The van der Waals surface area contributed by atoms with Crippen LogP contribution in [-0.4, -0.2) is 23.7 Å². The molecular formula is C14H19NO2. The van der Waals surface area contributed by atoms with Gasteiger partial charge in [-0.15, -0.1) is 0 Å². The van der Waals surface area contributed by atoms with E-state index in [1.165, 1.54) is 0 Å². The first-order chi connectivity index (χ1) is 8.17. The number of carbonyl (C=O) groups excluding carboxylic acids is 1. The molecular weight excluding hydrogens is 214 g/mol. The van der Waals surface area contributed by atoms with Crippen molar-refractivity contribution in [3.63, 3.8) is 0 Å². The Labute approximate surface area is 102 Å². The zero-order valence-corrected chi connectivity index (χ0v) is 10.3. The highest BCUT2D eigenvalue weighted by Crippen LogP contribution is 2.09. The van der Waals surface area contributed by atoms with Crippen LogP contribution in [0.5, 0.6) is 0 Å². The van der Waals surface area contributed by atoms with E-state index in [-0.39, 0.29) is 18.6 Å². The Balaban J connectivity index is 2.77. The molecule has 2 N–H and O–H groups in total. The molecule has 0 radical (unpaired) electrons. The fourth-order valence-electron chi connectivity index (χ4n) is 1.44. The van der Waals surface area contributed by atoms with Gasteiger partial charge in [0.1, 0.15) is 0 Å². The van der Waals surface area contributed by atoms with Gasteiger partial charge in [0, 0.05) is 11.6 Å². The normalized spacial score (nSPS) is 13.2. The zero-order valence-electron chi connectivity index (χ0n) is 10.3. The van der Waals surface area contributed by atoms with Crippen molar-refractivity contribution in [1.82, 2.24) is 5.32 Å². The van der Waals surface area contributed by atoms with Gasteiger partial charge in [0.2, 0.25) is 5.91 Å². The summed E-state index contributed by atoms with van der Waals surface area (Å²) in [7, 11) is 0. The standard InChI is InChI=1S/C14H19NO2/c1-3-13(14(17)15-11(2)10-16)9-12-7-5-4-6-8-12/h4-9,11,16H,3,10H2,1-2H3,(H,15,17)/b13-9+/t11-/m0/s1. The summed E-state index contributed by atoms with van der Waals surface area (Å²) in [6, 6.07) is 9.52. The predicted octanol–water partition coefficient (Wildman–Crippen LogP) is 1.98. The van der Waals surface area contributed by atoms with Crippen LogP contribution in [0.3, 0.4) is 0 Å². The Morgan fingerprint density at radius 1 is 1.41 bits per heavy atom. The number of hydrogen-bond acceptors (Lipinski definition) is 2. The van der Waals surface area contributed by atoms with Crippen molar-refractivity contribution in [1.29, 1.82) is 0 Å². The van der Waals surface area contributed by atoms with Crippen LogP contribution in [0.25, 0.3) is 6.08 Å². The highest BCUT2D eigenvalue weighted by atomic mass is 16.3. The van der Waals surface area contributed by atoms with Crippen LogP contribution in [0.2, 0.25) is 0 Å². The van der Waals surface area contributed by atoms with Crippen LogP contribution >= 0.6 is 0 Å². The van der Waals surface area contributed by atoms with E-state index >= 15 is 0 Å². The first-order valence-electron chi connectivity index (χ1n) is 5.84. The molecule has 1 aromatic carbocycles. The molecule has 0 unspecified atom stereocenters. The van der Waals surface area contributed by atoms with Gasteiger partial charge in [-0.25, -0.2) is 0 Å². The van der Waals surface area contributed by atoms with Crippen LogP contribution in [0.4, 0.5) is 0 Å². The molecule has 17 heavy (non-hydrogen) atoms. The van der Waals surface area contributed by atoms with Gasteiger partial charge in [-0.2, -0.15) is 0 Å². The summed E-state index contributed by atoms with van der Waals surface area (Å²) in [6.45, 7) is 3.67. The molecule has 0 bridgehead atoms. The van der Waals surface area contributed by atoms with Crippen molar-refractivity contribution >= 4 is 12.0 Å². The summed E-state index contributed by atoms with van der Waals surface area (Å²) in [6.07, 6.45) is 2.54. The molecule has 0 aliphatic carbocycles. The molecule has 3 heteroatoms. The molecule has 3 nitrogen and oxygen atoms in total. The number of nitrogens with one attached hydrogen (secondary N) is 1. The molecule has 0 saturated carbocycles. The number of carbonyl (C=O) groups is 1. The van der Waals surface area contributed by atoms with Crippen molar-refractivity contribution in [2.24, 2.45) is 0 Å². The second-order valence-electron chi connectivity index (χ2n) is 3.99. The third-order valence-electron chi connectivity index (χ3n) is 2.46. The van der Waals surface area contributed by atoms with E-state index < -0.39 is 0 Å². The SMILES string of the molecule is CC/C(=C\c1ccccc1)C(=O)N[C@@H](C)CO. The summed E-state index contributed by atoms with van der Waals surface area (Å²) in [5.41, 5.74) is 1.73. The Hall–Kier alpha value is -1.61. The first kappa shape index (κ1) is 13.5. The molecule has 1 rings (SSSR count). The van der Waals surface area contributed by atoms with Gasteiger partial charge in [-0.05, 0) is 25.0 Å². The summed E-state index contributed by atoms with van der Waals surface area (Å²) < 4.78 is 0. The molecule has 0 heterocycles. The van der Waals surface area contributed by atoms with Gasteiger partial charge in [0.15, 0.2) is 0 Å². The lowest BCUT2D eigenvalue weighted by Crippen LogP contribution is -2.35. The minimum absolute atomic E-state index is 0.0475. The van der Waals surface area contributed by atoms with Gasteiger partial charge in [-0.1, -0.05) is 37.3 Å². The topological polar surface area (TPSA) is 49.3 Å². The van der Waals surface area contributed by atoms with Crippen LogP contribution in [-0.2, 0) is 4.79 Å². The fourth-order valence-corrected chi connectivity index (χ4v) is 1.44. The lowest BCUT2D eigenvalue weighted by molar-refractivity contribution is -0.118. The van der Waals surface area contributed by atoms with Crippen molar-refractivity contribution in [3.05, 3.63) is 41.5 Å². The Morgan fingerprint density at radius 2 is 2.06 bits per heavy atom. The third kappa shape index (κ3) is 4.41. The van der Waals surface area contributed by atoms with Crippen molar-refractivity contribution in [2.75, 3.05) is 6.61 Å². The molecule has 0 spiro atoms. The quantitative estimate of drug-likeness (QED) is 0.764. The summed E-state index contributed by atoms with van der Waals surface area (Å²) in [5, 5.41) is 11.6. The molecule has 0 aliphatic heterocycles. The zero-order chi connectivity index (χ0) is 12.7. The molecule has 0 aliphatic rings. The van der Waals surface area contributed by atoms with E-state index in [1.54, 1.807) is 6.92 Å². The van der Waals surface area contributed by atoms with E-state index in [2.05, 4.69) is 5.32 Å². The van der Waals surface area contributed by atoms with Crippen molar-refractivity contribution < 1.29 is 9.90 Å². The Kier molecular flexibility index (Phi) is 5.43. The largest absolute Gasteiger partial charge is 0.394 e. The molecule has 92 valence electrons. The monoisotopic (exact) mass is 233 g/mol. The lowest BCUT2D eigenvalue weighted by atomic mass is 10.1. The maximum atomic E-state index is 11.9. The van der Waals surface area contributed by atoms with Gasteiger partial charge >= 0.3 is 0 Å². The van der Waals surface area contributed by atoms with Gasteiger partial charge in [0.05, 0.1) is 6.61 Å². The molecule has 0 saturated heterocycles. The predicted molar refractivity (Wildman–Crippen MR) is 69.4 cm³/mol. The number of benzene rings is 1. The fraction of sp³-hybridized carbons (Fsp3) is 0.357. The Morgan fingerprint density at radius 3 is 2.59 bits per heavy atom. The minimum Gasteiger partial charge on any atom is -0.394 e. The van der Waals surface area contributed by atoms with Gasteiger partial charge in [-0.3, -0.25) is 4.79 Å². The average molecular weight is 233 g/mol. The highest BCUT2D eigenvalue weighted by Gasteiger charge is 2.10. The Bertz CT molecular complexity index is 384. The maximum Gasteiger partial charge on any atom is 0.247 e.